The van der Waals surface area contributed by atoms with Crippen LogP contribution in [0, 0.1) is 4.77 Å². The minimum atomic E-state index is -1.05. The molecule has 0 saturated heterocycles. The average molecular weight is 487 g/mol. The zero-order valence-corrected chi connectivity index (χ0v) is 19.4. The minimum Gasteiger partial charge on any atom is -0.478 e. The van der Waals surface area contributed by atoms with E-state index in [-0.39, 0.29) is 17.2 Å². The predicted octanol–water partition coefficient (Wildman–Crippen LogP) is 5.59. The standard InChI is InChI=1S/C26H22N4O4S/c31-23-21-15-18(28-25(34)27-17-5-2-1-3-6-17)11-14-22(21)29(19-7-4-8-19)26(35)30(23)20-12-9-16(10-13-20)24(32)33/h1-3,5-6,9-15,19H,4,7-8H2,(H,32,33)(H2,27,28,34). The molecule has 4 aromatic rings. The fourth-order valence-electron chi connectivity index (χ4n) is 4.21. The number of carboxylic acids is 1. The number of nitrogens with zero attached hydrogens (tertiary/aromatic N) is 2. The second-order valence-electron chi connectivity index (χ2n) is 8.41. The van der Waals surface area contributed by atoms with Gasteiger partial charge in [-0.2, -0.15) is 0 Å². The third-order valence-electron chi connectivity index (χ3n) is 6.19. The molecule has 3 N–H and O–H groups in total. The molecule has 1 aromatic heterocycles. The number of hydrogen-bond donors (Lipinski definition) is 3. The summed E-state index contributed by atoms with van der Waals surface area (Å²) < 4.78 is 3.78. The molecule has 1 aliphatic carbocycles. The third-order valence-corrected chi connectivity index (χ3v) is 6.57. The van der Waals surface area contributed by atoms with Crippen molar-refractivity contribution in [2.75, 3.05) is 10.6 Å². The third kappa shape index (κ3) is 4.33. The van der Waals surface area contributed by atoms with Gasteiger partial charge in [0, 0.05) is 17.4 Å². The van der Waals surface area contributed by atoms with E-state index in [1.165, 1.54) is 16.7 Å². The lowest BCUT2D eigenvalue weighted by Crippen LogP contribution is -2.28. The Labute approximate surface area is 205 Å². The Morgan fingerprint density at radius 1 is 0.914 bits per heavy atom. The van der Waals surface area contributed by atoms with Gasteiger partial charge in [0.2, 0.25) is 0 Å². The second kappa shape index (κ2) is 9.19. The number of anilines is 2. The van der Waals surface area contributed by atoms with Crippen molar-refractivity contribution < 1.29 is 14.7 Å². The fourth-order valence-corrected chi connectivity index (χ4v) is 4.64. The highest BCUT2D eigenvalue weighted by Gasteiger charge is 2.24. The van der Waals surface area contributed by atoms with Crippen molar-refractivity contribution >= 4 is 46.5 Å². The number of aromatic nitrogens is 2. The Bertz CT molecular complexity index is 1560. The van der Waals surface area contributed by atoms with Crippen LogP contribution >= 0.6 is 12.2 Å². The number of nitrogens with one attached hydrogen (secondary N) is 2. The number of fused-ring (bicyclic) bond motifs is 1. The van der Waals surface area contributed by atoms with Crippen LogP contribution in [0.15, 0.2) is 77.6 Å². The second-order valence-corrected chi connectivity index (χ2v) is 8.77. The summed E-state index contributed by atoms with van der Waals surface area (Å²) in [5, 5.41) is 15.2. The molecule has 0 atom stereocenters. The largest absolute Gasteiger partial charge is 0.478 e. The molecule has 8 nitrogen and oxygen atoms in total. The molecule has 1 saturated carbocycles. The van der Waals surface area contributed by atoms with Crippen LogP contribution in [0.5, 0.6) is 0 Å². The smallest absolute Gasteiger partial charge is 0.335 e. The Balaban J connectivity index is 1.59. The first kappa shape index (κ1) is 22.5. The molecule has 1 aliphatic rings. The highest BCUT2D eigenvalue weighted by Crippen LogP contribution is 2.34. The molecule has 0 bridgehead atoms. The number of carbonyl (C=O) groups is 2. The molecule has 5 rings (SSSR count). The maximum Gasteiger partial charge on any atom is 0.335 e. The van der Waals surface area contributed by atoms with Gasteiger partial charge in [0.05, 0.1) is 22.2 Å². The van der Waals surface area contributed by atoms with E-state index in [2.05, 4.69) is 10.6 Å². The van der Waals surface area contributed by atoms with Gasteiger partial charge in [-0.1, -0.05) is 18.2 Å². The summed E-state index contributed by atoms with van der Waals surface area (Å²) in [5.74, 6) is -1.05. The van der Waals surface area contributed by atoms with Crippen LogP contribution in [0.25, 0.3) is 16.6 Å². The average Bonchev–Trinajstić information content (AvgIpc) is 2.81. The number of carboxylic acid groups (broad SMARTS) is 1. The SMILES string of the molecule is O=C(Nc1ccccc1)Nc1ccc2c(c1)c(=O)n(-c1ccc(C(=O)O)cc1)c(=S)n2C1CCC1. The van der Waals surface area contributed by atoms with Crippen molar-refractivity contribution in [1.82, 2.24) is 9.13 Å². The Morgan fingerprint density at radius 2 is 1.60 bits per heavy atom. The van der Waals surface area contributed by atoms with Gasteiger partial charge in [-0.3, -0.25) is 9.36 Å². The summed E-state index contributed by atoms with van der Waals surface area (Å²) in [7, 11) is 0. The van der Waals surface area contributed by atoms with E-state index in [9.17, 15) is 19.5 Å². The van der Waals surface area contributed by atoms with Gasteiger partial charge in [-0.25, -0.2) is 9.59 Å². The van der Waals surface area contributed by atoms with Gasteiger partial charge in [0.1, 0.15) is 0 Å². The Morgan fingerprint density at radius 3 is 2.23 bits per heavy atom. The normalized spacial score (nSPS) is 13.3. The van der Waals surface area contributed by atoms with E-state index in [0.29, 0.717) is 32.7 Å². The van der Waals surface area contributed by atoms with Crippen LogP contribution in [0.4, 0.5) is 16.2 Å². The number of carbonyl (C=O) groups excluding carboxylic acids is 1. The molecule has 0 radical (unpaired) electrons. The molecule has 1 heterocycles. The van der Waals surface area contributed by atoms with Crippen molar-refractivity contribution in [1.29, 1.82) is 0 Å². The molecule has 2 amide bonds. The van der Waals surface area contributed by atoms with E-state index in [4.69, 9.17) is 12.2 Å². The van der Waals surface area contributed by atoms with E-state index < -0.39 is 12.0 Å². The zero-order chi connectivity index (χ0) is 24.5. The predicted molar refractivity (Wildman–Crippen MR) is 137 cm³/mol. The van der Waals surface area contributed by atoms with Gasteiger partial charge in [0.25, 0.3) is 5.56 Å². The van der Waals surface area contributed by atoms with Crippen LogP contribution in [-0.4, -0.2) is 26.2 Å². The number of benzene rings is 3. The van der Waals surface area contributed by atoms with Crippen molar-refractivity contribution in [2.24, 2.45) is 0 Å². The van der Waals surface area contributed by atoms with Crippen LogP contribution in [0.2, 0.25) is 0 Å². The van der Waals surface area contributed by atoms with E-state index >= 15 is 0 Å². The first-order valence-electron chi connectivity index (χ1n) is 11.2. The quantitative estimate of drug-likeness (QED) is 0.319. The maximum atomic E-state index is 13.6. The van der Waals surface area contributed by atoms with Gasteiger partial charge in [0.15, 0.2) is 4.77 Å². The van der Waals surface area contributed by atoms with Gasteiger partial charge >= 0.3 is 12.0 Å². The first-order valence-corrected chi connectivity index (χ1v) is 11.6. The lowest BCUT2D eigenvalue weighted by molar-refractivity contribution is 0.0697. The lowest BCUT2D eigenvalue weighted by Gasteiger charge is -2.30. The number of urea groups is 1. The van der Waals surface area contributed by atoms with Crippen molar-refractivity contribution in [2.45, 2.75) is 25.3 Å². The van der Waals surface area contributed by atoms with Gasteiger partial charge in [-0.05, 0) is 86.1 Å². The van der Waals surface area contributed by atoms with E-state index in [1.54, 1.807) is 42.5 Å². The molecule has 3 aromatic carbocycles. The Kier molecular flexibility index (Phi) is 5.92. The van der Waals surface area contributed by atoms with Crippen LogP contribution in [0.3, 0.4) is 0 Å². The fraction of sp³-hybridized carbons (Fsp3) is 0.154. The van der Waals surface area contributed by atoms with Crippen LogP contribution in [-0.2, 0) is 0 Å². The highest BCUT2D eigenvalue weighted by molar-refractivity contribution is 7.71. The highest BCUT2D eigenvalue weighted by atomic mass is 32.1. The first-order chi connectivity index (χ1) is 16.9. The zero-order valence-electron chi connectivity index (χ0n) is 18.6. The summed E-state index contributed by atoms with van der Waals surface area (Å²) in [5.41, 5.74) is 2.09. The molecule has 1 fully saturated rings. The molecular weight excluding hydrogens is 464 g/mol. The van der Waals surface area contributed by atoms with Crippen LogP contribution in [0.1, 0.15) is 35.7 Å². The van der Waals surface area contributed by atoms with Crippen LogP contribution < -0.4 is 16.2 Å². The summed E-state index contributed by atoms with van der Waals surface area (Å²) in [6, 6.07) is 20.1. The van der Waals surface area contributed by atoms with Crippen molar-refractivity contribution in [3.63, 3.8) is 0 Å². The molecule has 0 aliphatic heterocycles. The molecular formula is C26H22N4O4S. The van der Waals surface area contributed by atoms with Gasteiger partial charge in [-0.15, -0.1) is 0 Å². The number of hydrogen-bond acceptors (Lipinski definition) is 4. The lowest BCUT2D eigenvalue weighted by atomic mass is 9.92. The number of amides is 2. The van der Waals surface area contributed by atoms with Crippen molar-refractivity contribution in [3.05, 3.63) is 93.5 Å². The monoisotopic (exact) mass is 486 g/mol. The number of rotatable bonds is 5. The van der Waals surface area contributed by atoms with Crippen molar-refractivity contribution in [3.8, 4) is 5.69 Å². The summed E-state index contributed by atoms with van der Waals surface area (Å²) in [6.45, 7) is 0. The number of aromatic carboxylic acids is 1. The maximum absolute atomic E-state index is 13.6. The molecule has 9 heteroatoms. The number of para-hydroxylation sites is 1. The Hall–Kier alpha value is -4.24. The summed E-state index contributed by atoms with van der Waals surface area (Å²) in [4.78, 5) is 37.4. The summed E-state index contributed by atoms with van der Waals surface area (Å²) in [6.07, 6.45) is 3.00. The topological polar surface area (TPSA) is 105 Å². The minimum absolute atomic E-state index is 0.122. The summed E-state index contributed by atoms with van der Waals surface area (Å²) >= 11 is 5.76. The van der Waals surface area contributed by atoms with E-state index in [0.717, 1.165) is 19.3 Å². The molecule has 176 valence electrons. The van der Waals surface area contributed by atoms with Gasteiger partial charge < -0.3 is 20.3 Å². The molecule has 0 spiro atoms. The molecule has 0 unspecified atom stereocenters. The van der Waals surface area contributed by atoms with E-state index in [1.807, 2.05) is 22.8 Å². The molecule has 35 heavy (non-hydrogen) atoms.